The first kappa shape index (κ1) is 21.7. The number of nitrogens with one attached hydrogen (secondary N) is 2. The molecule has 2 aromatic rings. The Labute approximate surface area is 170 Å². The average molecular weight is 478 g/mol. The zero-order valence-electron chi connectivity index (χ0n) is 14.8. The van der Waals surface area contributed by atoms with Crippen molar-refractivity contribution in [2.24, 2.45) is 4.99 Å². The summed E-state index contributed by atoms with van der Waals surface area (Å²) in [4.78, 5) is 8.56. The number of halogens is 2. The van der Waals surface area contributed by atoms with E-state index in [1.54, 1.807) is 7.05 Å². The maximum absolute atomic E-state index is 5.99. The van der Waals surface area contributed by atoms with Gasteiger partial charge in [0.25, 0.3) is 0 Å². The highest BCUT2D eigenvalue weighted by atomic mass is 127. The predicted octanol–water partition coefficient (Wildman–Crippen LogP) is 3.41. The first-order valence-corrected chi connectivity index (χ1v) is 8.47. The van der Waals surface area contributed by atoms with E-state index in [2.05, 4.69) is 31.8 Å². The first-order valence-electron chi connectivity index (χ1n) is 8.10. The fourth-order valence-electron chi connectivity index (χ4n) is 2.13. The molecule has 8 heteroatoms. The zero-order valence-corrected chi connectivity index (χ0v) is 17.8. The van der Waals surface area contributed by atoms with Gasteiger partial charge in [-0.2, -0.15) is 4.98 Å². The molecule has 0 radical (unpaired) electrons. The molecule has 6 nitrogen and oxygen atoms in total. The van der Waals surface area contributed by atoms with Crippen LogP contribution in [0.3, 0.4) is 0 Å². The normalized spacial score (nSPS) is 11.3. The second-order valence-corrected chi connectivity index (χ2v) is 6.19. The van der Waals surface area contributed by atoms with Crippen LogP contribution in [0, 0.1) is 0 Å². The first-order chi connectivity index (χ1) is 11.6. The molecule has 1 aromatic heterocycles. The van der Waals surface area contributed by atoms with E-state index in [0.29, 0.717) is 18.9 Å². The molecule has 0 aliphatic heterocycles. The third-order valence-corrected chi connectivity index (χ3v) is 3.69. The lowest BCUT2D eigenvalue weighted by atomic mass is 10.1. The van der Waals surface area contributed by atoms with Crippen molar-refractivity contribution >= 4 is 41.5 Å². The van der Waals surface area contributed by atoms with Crippen molar-refractivity contribution in [2.75, 3.05) is 20.1 Å². The van der Waals surface area contributed by atoms with Crippen molar-refractivity contribution in [1.29, 1.82) is 0 Å². The molecule has 0 amide bonds. The van der Waals surface area contributed by atoms with Crippen molar-refractivity contribution in [2.45, 2.75) is 32.6 Å². The number of rotatable bonds is 7. The number of nitrogens with zero attached hydrogens (tertiary/aromatic N) is 3. The van der Waals surface area contributed by atoms with E-state index in [4.69, 9.17) is 16.1 Å². The van der Waals surface area contributed by atoms with Crippen LogP contribution in [0.25, 0.3) is 0 Å². The molecule has 0 saturated heterocycles. The van der Waals surface area contributed by atoms with Crippen LogP contribution in [-0.2, 0) is 12.8 Å². The Bertz CT molecular complexity index is 675. The largest absolute Gasteiger partial charge is 0.356 e. The van der Waals surface area contributed by atoms with Gasteiger partial charge in [0, 0.05) is 37.5 Å². The molecule has 0 bridgehead atoms. The fraction of sp³-hybridized carbons (Fsp3) is 0.471. The van der Waals surface area contributed by atoms with Crippen LogP contribution in [0.15, 0.2) is 33.8 Å². The minimum absolute atomic E-state index is 0. The second-order valence-electron chi connectivity index (χ2n) is 5.76. The summed E-state index contributed by atoms with van der Waals surface area (Å²) in [6.45, 7) is 5.53. The smallest absolute Gasteiger partial charge is 0.228 e. The Hall–Kier alpha value is -1.35. The van der Waals surface area contributed by atoms with Crippen molar-refractivity contribution in [1.82, 2.24) is 20.8 Å². The Kier molecular flexibility index (Phi) is 9.81. The van der Waals surface area contributed by atoms with Gasteiger partial charge in [0.1, 0.15) is 0 Å². The minimum Gasteiger partial charge on any atom is -0.356 e. The third-order valence-electron chi connectivity index (χ3n) is 3.45. The Morgan fingerprint density at radius 1 is 1.24 bits per heavy atom. The Morgan fingerprint density at radius 3 is 2.56 bits per heavy atom. The summed E-state index contributed by atoms with van der Waals surface area (Å²) in [7, 11) is 1.75. The maximum Gasteiger partial charge on any atom is 0.228 e. The van der Waals surface area contributed by atoms with Crippen molar-refractivity contribution in [3.8, 4) is 0 Å². The van der Waals surface area contributed by atoms with E-state index in [1.165, 1.54) is 5.56 Å². The number of aliphatic imine (C=N–C) groups is 1. The Morgan fingerprint density at radius 2 is 1.96 bits per heavy atom. The van der Waals surface area contributed by atoms with E-state index in [9.17, 15) is 0 Å². The van der Waals surface area contributed by atoms with Gasteiger partial charge in [-0.15, -0.1) is 24.0 Å². The van der Waals surface area contributed by atoms with Crippen LogP contribution in [0.2, 0.25) is 5.02 Å². The zero-order chi connectivity index (χ0) is 17.4. The summed E-state index contributed by atoms with van der Waals surface area (Å²) in [6.07, 6.45) is 1.54. The summed E-state index contributed by atoms with van der Waals surface area (Å²) in [6, 6.07) is 7.87. The van der Waals surface area contributed by atoms with E-state index >= 15 is 0 Å². The average Bonchev–Trinajstić information content (AvgIpc) is 3.02. The van der Waals surface area contributed by atoms with Gasteiger partial charge in [-0.3, -0.25) is 4.99 Å². The van der Waals surface area contributed by atoms with Gasteiger partial charge in [-0.05, 0) is 24.1 Å². The third kappa shape index (κ3) is 7.60. The van der Waals surface area contributed by atoms with Gasteiger partial charge in [-0.1, -0.05) is 42.7 Å². The van der Waals surface area contributed by atoms with E-state index < -0.39 is 0 Å². The highest BCUT2D eigenvalue weighted by Gasteiger charge is 2.09. The quantitative estimate of drug-likeness (QED) is 0.363. The Balaban J connectivity index is 0.00000312. The topological polar surface area (TPSA) is 75.3 Å². The van der Waals surface area contributed by atoms with Crippen LogP contribution in [0.1, 0.15) is 37.0 Å². The lowest BCUT2D eigenvalue weighted by Crippen LogP contribution is -2.39. The fourth-order valence-corrected chi connectivity index (χ4v) is 2.34. The van der Waals surface area contributed by atoms with Gasteiger partial charge < -0.3 is 15.2 Å². The van der Waals surface area contributed by atoms with E-state index in [0.717, 1.165) is 29.8 Å². The predicted molar refractivity (Wildman–Crippen MR) is 112 cm³/mol. The van der Waals surface area contributed by atoms with E-state index in [-0.39, 0.29) is 29.9 Å². The van der Waals surface area contributed by atoms with Gasteiger partial charge >= 0.3 is 0 Å². The maximum atomic E-state index is 5.99. The molecule has 0 unspecified atom stereocenters. The highest BCUT2D eigenvalue weighted by molar-refractivity contribution is 14.0. The molecule has 2 rings (SSSR count). The SMILES string of the molecule is CN=C(NCCc1cccc(Cl)c1)NCCc1nc(C(C)C)no1.I. The molecule has 2 N–H and O–H groups in total. The lowest BCUT2D eigenvalue weighted by Gasteiger charge is -2.11. The summed E-state index contributed by atoms with van der Waals surface area (Å²) >= 11 is 5.99. The number of aromatic nitrogens is 2. The number of hydrogen-bond donors (Lipinski definition) is 2. The molecular formula is C17H25ClIN5O. The molecule has 25 heavy (non-hydrogen) atoms. The second kappa shape index (κ2) is 11.3. The number of hydrogen-bond acceptors (Lipinski definition) is 4. The molecule has 0 aliphatic rings. The molecule has 1 aromatic carbocycles. The van der Waals surface area contributed by atoms with Crippen LogP contribution >= 0.6 is 35.6 Å². The van der Waals surface area contributed by atoms with Gasteiger partial charge in [0.2, 0.25) is 5.89 Å². The molecular weight excluding hydrogens is 453 g/mol. The van der Waals surface area contributed by atoms with Gasteiger partial charge in [0.05, 0.1) is 0 Å². The van der Waals surface area contributed by atoms with Crippen molar-refractivity contribution in [3.63, 3.8) is 0 Å². The van der Waals surface area contributed by atoms with Gasteiger partial charge in [-0.25, -0.2) is 0 Å². The van der Waals surface area contributed by atoms with Crippen LogP contribution in [-0.4, -0.2) is 36.2 Å². The van der Waals surface area contributed by atoms with E-state index in [1.807, 2.05) is 32.0 Å². The van der Waals surface area contributed by atoms with Crippen LogP contribution < -0.4 is 10.6 Å². The molecule has 0 saturated carbocycles. The van der Waals surface area contributed by atoms with Crippen LogP contribution in [0.4, 0.5) is 0 Å². The van der Waals surface area contributed by atoms with Crippen molar-refractivity contribution < 1.29 is 4.52 Å². The molecule has 0 fully saturated rings. The summed E-state index contributed by atoms with van der Waals surface area (Å²) in [5, 5.41) is 11.2. The highest BCUT2D eigenvalue weighted by Crippen LogP contribution is 2.11. The summed E-state index contributed by atoms with van der Waals surface area (Å²) in [5.41, 5.74) is 1.19. The van der Waals surface area contributed by atoms with Crippen LogP contribution in [0.5, 0.6) is 0 Å². The lowest BCUT2D eigenvalue weighted by molar-refractivity contribution is 0.371. The molecule has 138 valence electrons. The number of guanidine groups is 1. The minimum atomic E-state index is 0. The monoisotopic (exact) mass is 477 g/mol. The number of benzene rings is 1. The summed E-state index contributed by atoms with van der Waals surface area (Å²) in [5.74, 6) is 2.41. The van der Waals surface area contributed by atoms with Crippen molar-refractivity contribution in [3.05, 3.63) is 46.6 Å². The molecule has 0 aliphatic carbocycles. The van der Waals surface area contributed by atoms with Gasteiger partial charge in [0.15, 0.2) is 11.8 Å². The molecule has 0 spiro atoms. The molecule has 1 heterocycles. The summed E-state index contributed by atoms with van der Waals surface area (Å²) < 4.78 is 5.22. The molecule has 0 atom stereocenters. The standard InChI is InChI=1S/C17H24ClN5O.HI/c1-12(2)16-22-15(24-23-16)8-10-21-17(19-3)20-9-7-13-5-4-6-14(18)11-13;/h4-6,11-12H,7-10H2,1-3H3,(H2,19,20,21);1H.